The highest BCUT2D eigenvalue weighted by atomic mass is 14.6. The second-order valence-electron chi connectivity index (χ2n) is 5.09. The summed E-state index contributed by atoms with van der Waals surface area (Å²) in [6, 6.07) is 0. The second kappa shape index (κ2) is 1.44. The molecule has 2 unspecified atom stereocenters. The van der Waals surface area contributed by atoms with Crippen molar-refractivity contribution in [3.8, 4) is 0 Å². The zero-order valence-electron chi connectivity index (χ0n) is 6.77. The minimum absolute atomic E-state index is 0.827. The van der Waals surface area contributed by atoms with Crippen LogP contribution in [0.1, 0.15) is 39.0 Å². The Morgan fingerprint density at radius 1 is 1.10 bits per heavy atom. The van der Waals surface area contributed by atoms with E-state index in [4.69, 9.17) is 0 Å². The SMILES string of the molecule is CC1(C2CC2)CC2CC2C1. The fourth-order valence-electron chi connectivity index (χ4n) is 3.21. The molecule has 0 nitrogen and oxygen atoms in total. The predicted molar refractivity (Wildman–Crippen MR) is 41.7 cm³/mol. The zero-order chi connectivity index (χ0) is 6.77. The number of hydrogen-bond donors (Lipinski definition) is 0. The van der Waals surface area contributed by atoms with Crippen molar-refractivity contribution in [3.05, 3.63) is 0 Å². The lowest BCUT2D eigenvalue weighted by molar-refractivity contribution is 0.252. The molecule has 0 heteroatoms. The summed E-state index contributed by atoms with van der Waals surface area (Å²) in [5.41, 5.74) is 0.827. The van der Waals surface area contributed by atoms with Crippen LogP contribution in [0.25, 0.3) is 0 Å². The molecule has 3 saturated carbocycles. The third kappa shape index (κ3) is 0.627. The van der Waals surface area contributed by atoms with Crippen molar-refractivity contribution >= 4 is 0 Å². The van der Waals surface area contributed by atoms with E-state index in [1.165, 1.54) is 11.8 Å². The van der Waals surface area contributed by atoms with Crippen molar-refractivity contribution in [2.24, 2.45) is 23.2 Å². The van der Waals surface area contributed by atoms with Gasteiger partial charge >= 0.3 is 0 Å². The molecule has 3 aliphatic carbocycles. The summed E-state index contributed by atoms with van der Waals surface area (Å²) in [5.74, 6) is 3.52. The average Bonchev–Trinajstić information content (AvgIpc) is 2.70. The summed E-state index contributed by atoms with van der Waals surface area (Å²) in [4.78, 5) is 0. The van der Waals surface area contributed by atoms with Gasteiger partial charge in [-0.3, -0.25) is 0 Å². The van der Waals surface area contributed by atoms with Gasteiger partial charge in [-0.05, 0) is 55.3 Å². The van der Waals surface area contributed by atoms with Crippen molar-refractivity contribution in [3.63, 3.8) is 0 Å². The zero-order valence-corrected chi connectivity index (χ0v) is 6.77. The fourth-order valence-corrected chi connectivity index (χ4v) is 3.21. The lowest BCUT2D eigenvalue weighted by Gasteiger charge is -2.25. The number of fused-ring (bicyclic) bond motifs is 1. The van der Waals surface area contributed by atoms with E-state index in [9.17, 15) is 0 Å². The predicted octanol–water partition coefficient (Wildman–Crippen LogP) is 2.83. The third-order valence-corrected chi connectivity index (χ3v) is 4.09. The maximum atomic E-state index is 2.54. The Hall–Kier alpha value is 0. The molecule has 0 amide bonds. The first-order valence-electron chi connectivity index (χ1n) is 4.78. The molecule has 0 aromatic carbocycles. The molecule has 0 heterocycles. The summed E-state index contributed by atoms with van der Waals surface area (Å²) in [5, 5.41) is 0. The topological polar surface area (TPSA) is 0 Å². The average molecular weight is 136 g/mol. The van der Waals surface area contributed by atoms with Crippen LogP contribution in [0.2, 0.25) is 0 Å². The van der Waals surface area contributed by atoms with Gasteiger partial charge in [0, 0.05) is 0 Å². The van der Waals surface area contributed by atoms with Gasteiger partial charge < -0.3 is 0 Å². The van der Waals surface area contributed by atoms with E-state index in [1.807, 2.05) is 0 Å². The highest BCUT2D eigenvalue weighted by molar-refractivity contribution is 5.06. The van der Waals surface area contributed by atoms with Crippen molar-refractivity contribution < 1.29 is 0 Å². The normalized spacial score (nSPS) is 58.5. The van der Waals surface area contributed by atoms with Crippen LogP contribution < -0.4 is 0 Å². The first-order chi connectivity index (χ1) is 4.78. The van der Waals surface area contributed by atoms with Crippen LogP contribution in [-0.4, -0.2) is 0 Å². The van der Waals surface area contributed by atoms with Gasteiger partial charge in [-0.25, -0.2) is 0 Å². The number of rotatable bonds is 1. The van der Waals surface area contributed by atoms with E-state index >= 15 is 0 Å². The molecule has 0 bridgehead atoms. The first-order valence-corrected chi connectivity index (χ1v) is 4.78. The Labute approximate surface area is 63.0 Å². The summed E-state index contributed by atoms with van der Waals surface area (Å²) in [6.45, 7) is 2.54. The number of hydrogen-bond acceptors (Lipinski definition) is 0. The van der Waals surface area contributed by atoms with E-state index in [0.717, 1.165) is 11.3 Å². The van der Waals surface area contributed by atoms with Crippen LogP contribution in [0.4, 0.5) is 0 Å². The smallest absolute Gasteiger partial charge is 0.0292 e. The molecule has 0 radical (unpaired) electrons. The third-order valence-electron chi connectivity index (χ3n) is 4.09. The Balaban J connectivity index is 1.79. The Bertz CT molecular complexity index is 157. The molecule has 3 aliphatic rings. The minimum atomic E-state index is 0.827. The minimum Gasteiger partial charge on any atom is -0.0594 e. The van der Waals surface area contributed by atoms with Gasteiger partial charge in [0.2, 0.25) is 0 Å². The summed E-state index contributed by atoms with van der Waals surface area (Å²) in [6.07, 6.45) is 7.86. The molecule has 0 N–H and O–H groups in total. The highest BCUT2D eigenvalue weighted by Crippen LogP contribution is 2.66. The maximum Gasteiger partial charge on any atom is -0.0292 e. The maximum absolute atomic E-state index is 2.54. The lowest BCUT2D eigenvalue weighted by Crippen LogP contribution is -2.15. The van der Waals surface area contributed by atoms with Gasteiger partial charge in [-0.1, -0.05) is 6.92 Å². The van der Waals surface area contributed by atoms with Crippen molar-refractivity contribution in [2.45, 2.75) is 39.0 Å². The Morgan fingerprint density at radius 2 is 1.70 bits per heavy atom. The molecular weight excluding hydrogens is 120 g/mol. The van der Waals surface area contributed by atoms with E-state index in [1.54, 1.807) is 32.1 Å². The largest absolute Gasteiger partial charge is 0.0594 e. The van der Waals surface area contributed by atoms with E-state index in [2.05, 4.69) is 6.92 Å². The molecular formula is C10H16. The van der Waals surface area contributed by atoms with Crippen LogP contribution in [-0.2, 0) is 0 Å². The van der Waals surface area contributed by atoms with Crippen molar-refractivity contribution in [1.82, 2.24) is 0 Å². The molecule has 10 heavy (non-hydrogen) atoms. The van der Waals surface area contributed by atoms with Gasteiger partial charge in [0.25, 0.3) is 0 Å². The van der Waals surface area contributed by atoms with Crippen LogP contribution in [0, 0.1) is 23.2 Å². The molecule has 0 aliphatic heterocycles. The second-order valence-corrected chi connectivity index (χ2v) is 5.09. The van der Waals surface area contributed by atoms with Gasteiger partial charge in [0.15, 0.2) is 0 Å². The molecule has 3 rings (SSSR count). The molecule has 3 fully saturated rings. The Kier molecular flexibility index (Phi) is 0.810. The van der Waals surface area contributed by atoms with Gasteiger partial charge in [0.05, 0.1) is 0 Å². The lowest BCUT2D eigenvalue weighted by atomic mass is 9.80. The van der Waals surface area contributed by atoms with E-state index in [0.29, 0.717) is 0 Å². The van der Waals surface area contributed by atoms with Crippen LogP contribution in [0.3, 0.4) is 0 Å². The first kappa shape index (κ1) is 5.62. The molecule has 0 spiro atoms. The quantitative estimate of drug-likeness (QED) is 0.520. The van der Waals surface area contributed by atoms with Crippen LogP contribution in [0.5, 0.6) is 0 Å². The molecule has 0 aromatic rings. The fraction of sp³-hybridized carbons (Fsp3) is 1.00. The molecule has 2 atom stereocenters. The molecule has 0 aromatic heterocycles. The highest BCUT2D eigenvalue weighted by Gasteiger charge is 2.56. The monoisotopic (exact) mass is 136 g/mol. The standard InChI is InChI=1S/C10H16/c1-10(9-2-3-9)5-7-4-8(7)6-10/h7-9H,2-6H2,1H3. The molecule has 0 saturated heterocycles. The Morgan fingerprint density at radius 3 is 2.20 bits per heavy atom. The van der Waals surface area contributed by atoms with Crippen molar-refractivity contribution in [2.75, 3.05) is 0 Å². The van der Waals surface area contributed by atoms with E-state index in [-0.39, 0.29) is 0 Å². The van der Waals surface area contributed by atoms with Gasteiger partial charge in [0.1, 0.15) is 0 Å². The van der Waals surface area contributed by atoms with Gasteiger partial charge in [-0.2, -0.15) is 0 Å². The van der Waals surface area contributed by atoms with Crippen LogP contribution in [0.15, 0.2) is 0 Å². The summed E-state index contributed by atoms with van der Waals surface area (Å²) < 4.78 is 0. The molecule has 56 valence electrons. The van der Waals surface area contributed by atoms with Crippen molar-refractivity contribution in [1.29, 1.82) is 0 Å². The van der Waals surface area contributed by atoms with E-state index < -0.39 is 0 Å². The van der Waals surface area contributed by atoms with Gasteiger partial charge in [-0.15, -0.1) is 0 Å². The van der Waals surface area contributed by atoms with Crippen LogP contribution >= 0.6 is 0 Å². The summed E-state index contributed by atoms with van der Waals surface area (Å²) >= 11 is 0. The summed E-state index contributed by atoms with van der Waals surface area (Å²) in [7, 11) is 0.